The average Bonchev–Trinajstić information content (AvgIpc) is 3.14. The van der Waals surface area contributed by atoms with Gasteiger partial charge in [0.25, 0.3) is 0 Å². The smallest absolute Gasteiger partial charge is 0.349 e. The van der Waals surface area contributed by atoms with Crippen LogP contribution in [0.2, 0.25) is 0 Å². The number of nitrogens with one attached hydrogen (secondary N) is 1. The fraction of sp³-hybridized carbons (Fsp3) is 0.240. The first kappa shape index (κ1) is 21.6. The molecule has 0 fully saturated rings. The minimum atomic E-state index is -0.630. The number of ether oxygens (including phenoxy) is 1. The zero-order valence-corrected chi connectivity index (χ0v) is 18.4. The summed E-state index contributed by atoms with van der Waals surface area (Å²) in [4.78, 5) is 17.8. The number of pyridine rings is 1. The van der Waals surface area contributed by atoms with Crippen LogP contribution in [0.1, 0.15) is 42.6 Å². The van der Waals surface area contributed by atoms with Gasteiger partial charge in [0.15, 0.2) is 0 Å². The van der Waals surface area contributed by atoms with Gasteiger partial charge in [-0.3, -0.25) is 4.98 Å². The summed E-state index contributed by atoms with van der Waals surface area (Å²) in [6.07, 6.45) is 0. The highest BCUT2D eigenvalue weighted by Crippen LogP contribution is 2.30. The van der Waals surface area contributed by atoms with E-state index in [-0.39, 0.29) is 16.9 Å². The molecule has 0 saturated heterocycles. The number of aromatic nitrogens is 2. The van der Waals surface area contributed by atoms with Crippen molar-refractivity contribution in [2.45, 2.75) is 39.8 Å². The molecule has 2 aromatic carbocycles. The van der Waals surface area contributed by atoms with E-state index in [1.807, 2.05) is 51.1 Å². The maximum Gasteiger partial charge on any atom is 0.349 e. The normalized spacial score (nSPS) is 11.7. The number of halogens is 1. The van der Waals surface area contributed by atoms with E-state index in [1.54, 1.807) is 19.1 Å². The van der Waals surface area contributed by atoms with Gasteiger partial charge in [-0.25, -0.2) is 9.18 Å². The first-order valence-electron chi connectivity index (χ1n) is 10.3. The van der Waals surface area contributed by atoms with Gasteiger partial charge in [0, 0.05) is 29.1 Å². The second-order valence-electron chi connectivity index (χ2n) is 8.59. The summed E-state index contributed by atoms with van der Waals surface area (Å²) >= 11 is 0. The van der Waals surface area contributed by atoms with Crippen molar-refractivity contribution >= 4 is 16.9 Å². The Morgan fingerprint density at radius 3 is 2.59 bits per heavy atom. The monoisotopic (exact) mass is 433 g/mol. The van der Waals surface area contributed by atoms with Gasteiger partial charge in [-0.05, 0) is 45.9 Å². The zero-order chi connectivity index (χ0) is 22.9. The van der Waals surface area contributed by atoms with Crippen LogP contribution in [0.4, 0.5) is 4.39 Å². The van der Waals surface area contributed by atoms with E-state index < -0.39 is 11.8 Å². The predicted octanol–water partition coefficient (Wildman–Crippen LogP) is 5.44. The van der Waals surface area contributed by atoms with Crippen molar-refractivity contribution < 1.29 is 18.4 Å². The van der Waals surface area contributed by atoms with Crippen LogP contribution in [0.3, 0.4) is 0 Å². The number of hydrogen-bond acceptors (Lipinski definition) is 6. The quantitative estimate of drug-likeness (QED) is 0.422. The van der Waals surface area contributed by atoms with Gasteiger partial charge < -0.3 is 14.6 Å². The van der Waals surface area contributed by atoms with Crippen LogP contribution in [0.5, 0.6) is 5.75 Å². The van der Waals surface area contributed by atoms with Crippen LogP contribution in [0.25, 0.3) is 22.2 Å². The number of hydrogen-bond donors (Lipinski definition) is 1. The molecule has 0 saturated carbocycles. The molecule has 7 heteroatoms. The third-order valence-electron chi connectivity index (χ3n) is 4.90. The van der Waals surface area contributed by atoms with Gasteiger partial charge >= 0.3 is 5.97 Å². The summed E-state index contributed by atoms with van der Waals surface area (Å²) in [5.41, 5.74) is 2.44. The molecule has 32 heavy (non-hydrogen) atoms. The van der Waals surface area contributed by atoms with Crippen molar-refractivity contribution in [2.75, 3.05) is 0 Å². The summed E-state index contributed by atoms with van der Waals surface area (Å²) in [5.74, 6) is -0.504. The van der Waals surface area contributed by atoms with Gasteiger partial charge in [0.2, 0.25) is 0 Å². The Hall–Kier alpha value is -3.58. The van der Waals surface area contributed by atoms with Crippen LogP contribution in [-0.2, 0) is 6.54 Å². The number of carbonyl (C=O) groups is 1. The third-order valence-corrected chi connectivity index (χ3v) is 4.90. The second kappa shape index (κ2) is 8.51. The van der Waals surface area contributed by atoms with Crippen LogP contribution in [-0.4, -0.2) is 21.6 Å². The van der Waals surface area contributed by atoms with Crippen molar-refractivity contribution in [1.82, 2.24) is 15.5 Å². The van der Waals surface area contributed by atoms with Crippen molar-refractivity contribution in [3.8, 4) is 17.0 Å². The van der Waals surface area contributed by atoms with E-state index in [0.29, 0.717) is 34.6 Å². The lowest BCUT2D eigenvalue weighted by molar-refractivity contribution is 0.0735. The van der Waals surface area contributed by atoms with E-state index in [1.165, 1.54) is 12.1 Å². The van der Waals surface area contributed by atoms with Gasteiger partial charge in [-0.15, -0.1) is 0 Å². The van der Waals surface area contributed by atoms with E-state index in [2.05, 4.69) is 15.5 Å². The van der Waals surface area contributed by atoms with Crippen LogP contribution in [0.15, 0.2) is 59.1 Å². The first-order chi connectivity index (χ1) is 15.2. The maximum absolute atomic E-state index is 14.0. The highest BCUT2D eigenvalue weighted by atomic mass is 19.1. The largest absolute Gasteiger partial charge is 0.422 e. The molecule has 164 valence electrons. The zero-order valence-electron chi connectivity index (χ0n) is 18.4. The number of esters is 1. The number of nitrogens with zero attached hydrogens (tertiary/aromatic N) is 2. The molecule has 0 radical (unpaired) electrons. The molecule has 0 aliphatic carbocycles. The molecule has 2 aromatic heterocycles. The molecule has 4 aromatic rings. The Bertz CT molecular complexity index is 1280. The molecule has 0 atom stereocenters. The summed E-state index contributed by atoms with van der Waals surface area (Å²) in [6.45, 7) is 8.25. The van der Waals surface area contributed by atoms with E-state index in [9.17, 15) is 9.18 Å². The Kier molecular flexibility index (Phi) is 5.76. The van der Waals surface area contributed by atoms with Gasteiger partial charge in [0.1, 0.15) is 28.6 Å². The average molecular weight is 433 g/mol. The maximum atomic E-state index is 14.0. The van der Waals surface area contributed by atoms with Crippen molar-refractivity contribution in [3.05, 3.63) is 77.4 Å². The van der Waals surface area contributed by atoms with Gasteiger partial charge in [-0.2, -0.15) is 0 Å². The van der Waals surface area contributed by atoms with Gasteiger partial charge in [-0.1, -0.05) is 35.5 Å². The Morgan fingerprint density at radius 2 is 1.88 bits per heavy atom. The van der Waals surface area contributed by atoms with E-state index in [4.69, 9.17) is 9.26 Å². The Balaban J connectivity index is 1.73. The topological polar surface area (TPSA) is 77.2 Å². The Morgan fingerprint density at radius 1 is 1.12 bits per heavy atom. The predicted molar refractivity (Wildman–Crippen MR) is 120 cm³/mol. The number of rotatable bonds is 5. The lowest BCUT2D eigenvalue weighted by Crippen LogP contribution is -2.35. The van der Waals surface area contributed by atoms with Crippen molar-refractivity contribution in [2.24, 2.45) is 0 Å². The third kappa shape index (κ3) is 4.68. The SMILES string of the molecule is Cc1onc(-c2ccccc2)c1C(=O)Oc1cc(CNC(C)(C)C)nc2ccc(F)cc12. The minimum Gasteiger partial charge on any atom is -0.422 e. The van der Waals surface area contributed by atoms with E-state index >= 15 is 0 Å². The van der Waals surface area contributed by atoms with Crippen molar-refractivity contribution in [3.63, 3.8) is 0 Å². The number of carbonyl (C=O) groups excluding carboxylic acids is 1. The number of aryl methyl sites for hydroxylation is 1. The molecule has 0 bridgehead atoms. The fourth-order valence-electron chi connectivity index (χ4n) is 3.31. The standard InChI is InChI=1S/C25H24FN3O3/c1-15-22(23(29-32-15)16-8-6-5-7-9-16)24(30)31-21-13-18(14-27-25(2,3)4)28-20-11-10-17(26)12-19(20)21/h5-13,27H,14H2,1-4H3. The Labute approximate surface area is 185 Å². The molecule has 0 spiro atoms. The first-order valence-corrected chi connectivity index (χ1v) is 10.3. The molecular formula is C25H24FN3O3. The van der Waals surface area contributed by atoms with Gasteiger partial charge in [0.05, 0.1) is 11.2 Å². The fourth-order valence-corrected chi connectivity index (χ4v) is 3.31. The van der Waals surface area contributed by atoms with Crippen molar-refractivity contribution in [1.29, 1.82) is 0 Å². The summed E-state index contributed by atoms with van der Waals surface area (Å²) < 4.78 is 25.0. The highest BCUT2D eigenvalue weighted by Gasteiger charge is 2.24. The minimum absolute atomic E-state index is 0.125. The summed E-state index contributed by atoms with van der Waals surface area (Å²) in [7, 11) is 0. The lowest BCUT2D eigenvalue weighted by atomic mass is 10.1. The molecular weight excluding hydrogens is 409 g/mol. The van der Waals surface area contributed by atoms with E-state index in [0.717, 1.165) is 5.56 Å². The molecule has 6 nitrogen and oxygen atoms in total. The summed E-state index contributed by atoms with van der Waals surface area (Å²) in [6, 6.07) is 15.1. The molecule has 1 N–H and O–H groups in total. The molecule has 4 rings (SSSR count). The lowest BCUT2D eigenvalue weighted by Gasteiger charge is -2.20. The molecule has 0 amide bonds. The van der Waals surface area contributed by atoms with Crippen LogP contribution >= 0.6 is 0 Å². The molecule has 0 aliphatic heterocycles. The second-order valence-corrected chi connectivity index (χ2v) is 8.59. The highest BCUT2D eigenvalue weighted by molar-refractivity contribution is 6.00. The molecule has 0 aliphatic rings. The summed E-state index contributed by atoms with van der Waals surface area (Å²) in [5, 5.41) is 7.81. The molecule has 0 unspecified atom stereocenters. The van der Waals surface area contributed by atoms with Crippen LogP contribution in [0, 0.1) is 12.7 Å². The number of benzene rings is 2. The molecule has 2 heterocycles. The van der Waals surface area contributed by atoms with Crippen LogP contribution < -0.4 is 10.1 Å². The number of fused-ring (bicyclic) bond motifs is 1.